The van der Waals surface area contributed by atoms with E-state index in [1.165, 1.54) is 29.2 Å². The van der Waals surface area contributed by atoms with Gasteiger partial charge in [0.15, 0.2) is 5.82 Å². The number of aryl methyl sites for hydroxylation is 2. The quantitative estimate of drug-likeness (QED) is 0.627. The fourth-order valence-electron chi connectivity index (χ4n) is 2.13. The molecule has 0 aliphatic rings. The van der Waals surface area contributed by atoms with Crippen LogP contribution < -0.4 is 11.1 Å². The number of halogens is 1. The smallest absolute Gasteiger partial charge is 0.158 e. The number of anilines is 3. The van der Waals surface area contributed by atoms with Crippen molar-refractivity contribution in [3.63, 3.8) is 0 Å². The Kier molecular flexibility index (Phi) is 4.92. The van der Waals surface area contributed by atoms with Gasteiger partial charge in [0, 0.05) is 15.6 Å². The number of hydrogen-bond donors (Lipinski definition) is 2. The molecule has 0 saturated carbocycles. The SMILES string of the molecule is Cc1ccc(Nc2ncnc(Sc3ccc(Cl)cc3)c2N)cc1C. The number of aromatic nitrogens is 2. The van der Waals surface area contributed by atoms with Crippen LogP contribution in [0.4, 0.5) is 17.2 Å². The standard InChI is InChI=1S/C18H17ClN4S/c1-11-3-6-14(9-12(11)2)23-17-16(20)18(22-10-21-17)24-15-7-4-13(19)5-8-15/h3-10H,20H2,1-2H3,(H,21,22,23). The summed E-state index contributed by atoms with van der Waals surface area (Å²) in [5.74, 6) is 0.602. The minimum Gasteiger partial charge on any atom is -0.394 e. The van der Waals surface area contributed by atoms with Gasteiger partial charge in [-0.15, -0.1) is 0 Å². The summed E-state index contributed by atoms with van der Waals surface area (Å²) >= 11 is 7.39. The van der Waals surface area contributed by atoms with Gasteiger partial charge in [-0.3, -0.25) is 0 Å². The van der Waals surface area contributed by atoms with Gasteiger partial charge in [0.2, 0.25) is 0 Å². The summed E-state index contributed by atoms with van der Waals surface area (Å²) in [5, 5.41) is 4.67. The average Bonchev–Trinajstić information content (AvgIpc) is 2.57. The average molecular weight is 357 g/mol. The van der Waals surface area contributed by atoms with Crippen molar-refractivity contribution in [2.24, 2.45) is 0 Å². The van der Waals surface area contributed by atoms with E-state index in [0.29, 0.717) is 21.6 Å². The molecule has 0 atom stereocenters. The molecule has 1 heterocycles. The fourth-order valence-corrected chi connectivity index (χ4v) is 3.06. The van der Waals surface area contributed by atoms with Crippen LogP contribution in [0.15, 0.2) is 58.7 Å². The van der Waals surface area contributed by atoms with Crippen molar-refractivity contribution in [2.75, 3.05) is 11.1 Å². The van der Waals surface area contributed by atoms with Crippen LogP contribution in [0.1, 0.15) is 11.1 Å². The van der Waals surface area contributed by atoms with Gasteiger partial charge in [0.05, 0.1) is 0 Å². The highest BCUT2D eigenvalue weighted by molar-refractivity contribution is 7.99. The highest BCUT2D eigenvalue weighted by Crippen LogP contribution is 2.34. The predicted octanol–water partition coefficient (Wildman–Crippen LogP) is 5.22. The first-order valence-electron chi connectivity index (χ1n) is 7.41. The highest BCUT2D eigenvalue weighted by Gasteiger charge is 2.10. The van der Waals surface area contributed by atoms with E-state index in [2.05, 4.69) is 41.3 Å². The molecule has 122 valence electrons. The first-order chi connectivity index (χ1) is 11.5. The molecule has 0 amide bonds. The summed E-state index contributed by atoms with van der Waals surface area (Å²) < 4.78 is 0. The highest BCUT2D eigenvalue weighted by atomic mass is 35.5. The molecule has 3 N–H and O–H groups in total. The molecule has 4 nitrogen and oxygen atoms in total. The molecular weight excluding hydrogens is 340 g/mol. The lowest BCUT2D eigenvalue weighted by Crippen LogP contribution is -2.02. The van der Waals surface area contributed by atoms with Gasteiger partial charge >= 0.3 is 0 Å². The van der Waals surface area contributed by atoms with Gasteiger partial charge in [-0.1, -0.05) is 29.4 Å². The van der Waals surface area contributed by atoms with Crippen LogP contribution in [-0.2, 0) is 0 Å². The maximum Gasteiger partial charge on any atom is 0.158 e. The lowest BCUT2D eigenvalue weighted by molar-refractivity contribution is 1.06. The van der Waals surface area contributed by atoms with E-state index in [4.69, 9.17) is 17.3 Å². The third kappa shape index (κ3) is 3.80. The minimum absolute atomic E-state index is 0.524. The van der Waals surface area contributed by atoms with E-state index in [0.717, 1.165) is 10.6 Å². The molecule has 0 radical (unpaired) electrons. The van der Waals surface area contributed by atoms with E-state index in [1.807, 2.05) is 30.3 Å². The lowest BCUT2D eigenvalue weighted by Gasteiger charge is -2.12. The third-order valence-corrected chi connectivity index (χ3v) is 4.92. The molecular formula is C18H17ClN4S. The first kappa shape index (κ1) is 16.6. The minimum atomic E-state index is 0.524. The van der Waals surface area contributed by atoms with Gasteiger partial charge in [-0.25, -0.2) is 9.97 Å². The van der Waals surface area contributed by atoms with Crippen LogP contribution in [0.2, 0.25) is 5.02 Å². The molecule has 3 aromatic rings. The fraction of sp³-hybridized carbons (Fsp3) is 0.111. The summed E-state index contributed by atoms with van der Waals surface area (Å²) in [7, 11) is 0. The maximum atomic E-state index is 6.24. The molecule has 3 rings (SSSR count). The summed E-state index contributed by atoms with van der Waals surface area (Å²) in [5.41, 5.74) is 10.2. The molecule has 0 aliphatic heterocycles. The van der Waals surface area contributed by atoms with Crippen molar-refractivity contribution in [2.45, 2.75) is 23.8 Å². The van der Waals surface area contributed by atoms with Crippen LogP contribution in [0.3, 0.4) is 0 Å². The van der Waals surface area contributed by atoms with Crippen LogP contribution in [0, 0.1) is 13.8 Å². The van der Waals surface area contributed by atoms with Gasteiger partial charge < -0.3 is 11.1 Å². The van der Waals surface area contributed by atoms with Crippen LogP contribution in [0.25, 0.3) is 0 Å². The number of nitrogen functional groups attached to an aromatic ring is 1. The second-order valence-electron chi connectivity index (χ2n) is 5.42. The lowest BCUT2D eigenvalue weighted by atomic mass is 10.1. The Morgan fingerprint density at radius 1 is 1.00 bits per heavy atom. The third-order valence-electron chi connectivity index (χ3n) is 3.65. The van der Waals surface area contributed by atoms with Gasteiger partial charge in [0.1, 0.15) is 17.0 Å². The summed E-state index contributed by atoms with van der Waals surface area (Å²) in [6.07, 6.45) is 1.51. The van der Waals surface area contributed by atoms with E-state index >= 15 is 0 Å². The molecule has 0 saturated heterocycles. The Labute approximate surface area is 150 Å². The Bertz CT molecular complexity index is 865. The van der Waals surface area contributed by atoms with Gasteiger partial charge in [-0.05, 0) is 61.4 Å². The Hall–Kier alpha value is -2.24. The second kappa shape index (κ2) is 7.11. The number of nitrogens with zero attached hydrogens (tertiary/aromatic N) is 2. The number of rotatable bonds is 4. The molecule has 0 fully saturated rings. The van der Waals surface area contributed by atoms with E-state index in [9.17, 15) is 0 Å². The van der Waals surface area contributed by atoms with Crippen molar-refractivity contribution in [3.8, 4) is 0 Å². The van der Waals surface area contributed by atoms with Crippen molar-refractivity contribution in [3.05, 3.63) is 64.9 Å². The normalized spacial score (nSPS) is 10.6. The largest absolute Gasteiger partial charge is 0.394 e. The molecule has 24 heavy (non-hydrogen) atoms. The molecule has 2 aromatic carbocycles. The number of nitrogens with one attached hydrogen (secondary N) is 1. The number of benzene rings is 2. The Morgan fingerprint density at radius 3 is 2.46 bits per heavy atom. The predicted molar refractivity (Wildman–Crippen MR) is 101 cm³/mol. The number of nitrogens with two attached hydrogens (primary N) is 1. The Balaban J connectivity index is 1.84. The summed E-state index contributed by atoms with van der Waals surface area (Å²) in [6.45, 7) is 4.16. The van der Waals surface area contributed by atoms with Crippen molar-refractivity contribution >= 4 is 40.6 Å². The van der Waals surface area contributed by atoms with Crippen LogP contribution >= 0.6 is 23.4 Å². The number of hydrogen-bond acceptors (Lipinski definition) is 5. The monoisotopic (exact) mass is 356 g/mol. The molecule has 0 aliphatic carbocycles. The Morgan fingerprint density at radius 2 is 1.75 bits per heavy atom. The van der Waals surface area contributed by atoms with Gasteiger partial charge in [0.25, 0.3) is 0 Å². The maximum absolute atomic E-state index is 6.24. The van der Waals surface area contributed by atoms with Crippen LogP contribution in [-0.4, -0.2) is 9.97 Å². The van der Waals surface area contributed by atoms with Crippen LogP contribution in [0.5, 0.6) is 0 Å². The van der Waals surface area contributed by atoms with Crippen molar-refractivity contribution in [1.29, 1.82) is 0 Å². The van der Waals surface area contributed by atoms with Gasteiger partial charge in [-0.2, -0.15) is 0 Å². The molecule has 1 aromatic heterocycles. The molecule has 0 unspecified atom stereocenters. The molecule has 0 spiro atoms. The van der Waals surface area contributed by atoms with E-state index < -0.39 is 0 Å². The van der Waals surface area contributed by atoms with E-state index in [1.54, 1.807) is 0 Å². The zero-order valence-corrected chi connectivity index (χ0v) is 14.9. The second-order valence-corrected chi connectivity index (χ2v) is 6.92. The summed E-state index contributed by atoms with van der Waals surface area (Å²) in [4.78, 5) is 9.56. The van der Waals surface area contributed by atoms with Crippen molar-refractivity contribution < 1.29 is 0 Å². The molecule has 6 heteroatoms. The van der Waals surface area contributed by atoms with E-state index in [-0.39, 0.29) is 0 Å². The van der Waals surface area contributed by atoms with Crippen molar-refractivity contribution in [1.82, 2.24) is 9.97 Å². The summed E-state index contributed by atoms with van der Waals surface area (Å²) in [6, 6.07) is 13.7. The zero-order chi connectivity index (χ0) is 17.1. The molecule has 0 bridgehead atoms. The zero-order valence-electron chi connectivity index (χ0n) is 13.4. The topological polar surface area (TPSA) is 63.8 Å². The first-order valence-corrected chi connectivity index (χ1v) is 8.60.